The smallest absolute Gasteiger partial charge is 0.339 e. The summed E-state index contributed by atoms with van der Waals surface area (Å²) in [5, 5.41) is 0.778. The fourth-order valence-corrected chi connectivity index (χ4v) is 3.78. The molecule has 0 aliphatic rings. The number of fused-ring (bicyclic) bond motifs is 1. The first-order valence-electron chi connectivity index (χ1n) is 11.2. The molecule has 0 bridgehead atoms. The molecule has 0 radical (unpaired) electrons. The second-order valence-corrected chi connectivity index (χ2v) is 9.15. The van der Waals surface area contributed by atoms with E-state index in [4.69, 9.17) is 13.9 Å². The number of rotatable bonds is 8. The van der Waals surface area contributed by atoms with Gasteiger partial charge < -0.3 is 18.8 Å². The van der Waals surface area contributed by atoms with Crippen molar-refractivity contribution in [3.05, 3.63) is 75.6 Å². The number of benzene rings is 2. The monoisotopic (exact) mass is 465 g/mol. The third kappa shape index (κ3) is 6.04. The molecule has 0 saturated heterocycles. The maximum Gasteiger partial charge on any atom is 0.339 e. The third-order valence-corrected chi connectivity index (χ3v) is 5.72. The Morgan fingerprint density at radius 2 is 1.76 bits per heavy atom. The van der Waals surface area contributed by atoms with Crippen molar-refractivity contribution < 1.29 is 23.5 Å². The fourth-order valence-electron chi connectivity index (χ4n) is 3.78. The number of amides is 1. The average Bonchev–Trinajstić information content (AvgIpc) is 2.80. The molecule has 0 fully saturated rings. The molecule has 1 aromatic heterocycles. The molecular weight excluding hydrogens is 434 g/mol. The number of ether oxygens (including phenoxy) is 2. The molecular formula is C27H31NO6. The topological polar surface area (TPSA) is 86.0 Å². The normalized spacial score (nSPS) is 11.3. The van der Waals surface area contributed by atoms with E-state index in [-0.39, 0.29) is 25.4 Å². The molecule has 2 aromatic carbocycles. The van der Waals surface area contributed by atoms with Crippen LogP contribution < -0.4 is 10.4 Å². The van der Waals surface area contributed by atoms with E-state index in [0.717, 1.165) is 16.5 Å². The van der Waals surface area contributed by atoms with Crippen molar-refractivity contribution in [2.75, 3.05) is 13.7 Å². The summed E-state index contributed by atoms with van der Waals surface area (Å²) in [5.41, 5.74) is 1.65. The maximum absolute atomic E-state index is 12.9. The molecule has 0 unspecified atom stereocenters. The second kappa shape index (κ2) is 10.5. The van der Waals surface area contributed by atoms with Crippen molar-refractivity contribution in [1.29, 1.82) is 0 Å². The van der Waals surface area contributed by atoms with E-state index in [0.29, 0.717) is 23.4 Å². The average molecular weight is 466 g/mol. The van der Waals surface area contributed by atoms with Crippen LogP contribution in [0.25, 0.3) is 11.0 Å². The Balaban J connectivity index is 1.63. The van der Waals surface area contributed by atoms with Crippen LogP contribution in [0.2, 0.25) is 0 Å². The quantitative estimate of drug-likeness (QED) is 0.362. The van der Waals surface area contributed by atoms with Gasteiger partial charge in [0.1, 0.15) is 11.3 Å². The van der Waals surface area contributed by atoms with Crippen molar-refractivity contribution in [1.82, 2.24) is 4.90 Å². The van der Waals surface area contributed by atoms with Gasteiger partial charge in [0, 0.05) is 35.5 Å². The van der Waals surface area contributed by atoms with Gasteiger partial charge in [0.2, 0.25) is 0 Å². The van der Waals surface area contributed by atoms with Crippen LogP contribution in [0.15, 0.2) is 57.7 Å². The van der Waals surface area contributed by atoms with Gasteiger partial charge in [-0.15, -0.1) is 0 Å². The molecule has 1 amide bonds. The molecule has 34 heavy (non-hydrogen) atoms. The summed E-state index contributed by atoms with van der Waals surface area (Å²) in [4.78, 5) is 39.4. The zero-order valence-electron chi connectivity index (χ0n) is 20.3. The number of aryl methyl sites for hydroxylation is 1. The third-order valence-electron chi connectivity index (χ3n) is 5.72. The lowest BCUT2D eigenvalue weighted by molar-refractivity contribution is -0.154. The van der Waals surface area contributed by atoms with Crippen molar-refractivity contribution >= 4 is 22.8 Å². The van der Waals surface area contributed by atoms with Gasteiger partial charge in [-0.1, -0.05) is 30.3 Å². The second-order valence-electron chi connectivity index (χ2n) is 9.15. The van der Waals surface area contributed by atoms with Gasteiger partial charge in [0.15, 0.2) is 6.61 Å². The Labute approximate surface area is 199 Å². The molecule has 0 spiro atoms. The summed E-state index contributed by atoms with van der Waals surface area (Å²) in [6.45, 7) is 7.70. The van der Waals surface area contributed by atoms with Crippen molar-refractivity contribution in [3.8, 4) is 5.75 Å². The predicted octanol–water partition coefficient (Wildman–Crippen LogP) is 4.41. The van der Waals surface area contributed by atoms with Crippen molar-refractivity contribution in [2.24, 2.45) is 0 Å². The summed E-state index contributed by atoms with van der Waals surface area (Å²) in [6.07, 6.45) is 0.130. The van der Waals surface area contributed by atoms with Gasteiger partial charge in [-0.05, 0) is 57.4 Å². The molecule has 3 rings (SSSR count). The molecule has 7 heteroatoms. The minimum Gasteiger partial charge on any atom is -0.497 e. The van der Waals surface area contributed by atoms with Gasteiger partial charge in [-0.3, -0.25) is 9.59 Å². The van der Waals surface area contributed by atoms with Gasteiger partial charge in [0.25, 0.3) is 5.91 Å². The molecule has 3 aromatic rings. The standard InChI is InChI=1S/C27H31NO6/c1-18-21-12-11-20(32-5)15-23(21)34-26(31)22(18)13-14-25(30)33-17-24(29)28(27(2,3)4)16-19-9-7-6-8-10-19/h6-12,15H,13-14,16-17H2,1-5H3. The summed E-state index contributed by atoms with van der Waals surface area (Å²) >= 11 is 0. The van der Waals surface area contributed by atoms with Crippen LogP contribution in [0.4, 0.5) is 0 Å². The summed E-state index contributed by atoms with van der Waals surface area (Å²) < 4.78 is 15.9. The summed E-state index contributed by atoms with van der Waals surface area (Å²) in [5.74, 6) is -0.233. The fraction of sp³-hybridized carbons (Fsp3) is 0.370. The maximum atomic E-state index is 12.9. The van der Waals surface area contributed by atoms with E-state index < -0.39 is 17.1 Å². The molecule has 0 aliphatic heterocycles. The summed E-state index contributed by atoms with van der Waals surface area (Å²) in [7, 11) is 1.54. The Morgan fingerprint density at radius 1 is 1.06 bits per heavy atom. The Kier molecular flexibility index (Phi) is 7.76. The number of nitrogens with zero attached hydrogens (tertiary/aromatic N) is 1. The van der Waals surface area contributed by atoms with E-state index >= 15 is 0 Å². The van der Waals surface area contributed by atoms with Crippen LogP contribution in [0.3, 0.4) is 0 Å². The first-order chi connectivity index (χ1) is 16.1. The highest BCUT2D eigenvalue weighted by Gasteiger charge is 2.27. The molecule has 1 heterocycles. The number of methoxy groups -OCH3 is 1. The van der Waals surface area contributed by atoms with Crippen LogP contribution in [0.5, 0.6) is 5.75 Å². The van der Waals surface area contributed by atoms with Crippen LogP contribution in [-0.4, -0.2) is 36.0 Å². The molecule has 0 atom stereocenters. The number of carbonyl (C=O) groups excluding carboxylic acids is 2. The van der Waals surface area contributed by atoms with Crippen LogP contribution in [-0.2, 0) is 27.3 Å². The highest BCUT2D eigenvalue weighted by molar-refractivity contribution is 5.83. The van der Waals surface area contributed by atoms with Gasteiger partial charge in [0.05, 0.1) is 7.11 Å². The van der Waals surface area contributed by atoms with E-state index in [2.05, 4.69) is 0 Å². The lowest BCUT2D eigenvalue weighted by atomic mass is 10.0. The van der Waals surface area contributed by atoms with Gasteiger partial charge >= 0.3 is 11.6 Å². The summed E-state index contributed by atoms with van der Waals surface area (Å²) in [6, 6.07) is 14.9. The number of hydrogen-bond acceptors (Lipinski definition) is 6. The van der Waals surface area contributed by atoms with Gasteiger partial charge in [-0.25, -0.2) is 4.79 Å². The van der Waals surface area contributed by atoms with Crippen molar-refractivity contribution in [3.63, 3.8) is 0 Å². The van der Waals surface area contributed by atoms with E-state index in [1.807, 2.05) is 64.1 Å². The van der Waals surface area contributed by atoms with E-state index in [1.165, 1.54) is 0 Å². The molecule has 0 N–H and O–H groups in total. The molecule has 7 nitrogen and oxygen atoms in total. The largest absolute Gasteiger partial charge is 0.497 e. The van der Waals surface area contributed by atoms with Crippen LogP contribution >= 0.6 is 0 Å². The lowest BCUT2D eigenvalue weighted by Crippen LogP contribution is -2.46. The van der Waals surface area contributed by atoms with Crippen LogP contribution in [0, 0.1) is 6.92 Å². The molecule has 0 aliphatic carbocycles. The molecule has 180 valence electrons. The predicted molar refractivity (Wildman–Crippen MR) is 130 cm³/mol. The first kappa shape index (κ1) is 25.0. The zero-order valence-corrected chi connectivity index (χ0v) is 20.3. The SMILES string of the molecule is COc1ccc2c(C)c(CCC(=O)OCC(=O)N(Cc3ccccc3)C(C)(C)C)c(=O)oc2c1. The minimum absolute atomic E-state index is 0.0330. The number of hydrogen-bond donors (Lipinski definition) is 0. The Bertz CT molecular complexity index is 1220. The lowest BCUT2D eigenvalue weighted by Gasteiger charge is -2.35. The highest BCUT2D eigenvalue weighted by atomic mass is 16.5. The highest BCUT2D eigenvalue weighted by Crippen LogP contribution is 2.24. The van der Waals surface area contributed by atoms with Crippen molar-refractivity contribution in [2.45, 2.75) is 52.6 Å². The first-order valence-corrected chi connectivity index (χ1v) is 11.2. The molecule has 0 saturated carbocycles. The van der Waals surface area contributed by atoms with Gasteiger partial charge in [-0.2, -0.15) is 0 Å². The number of esters is 1. The van der Waals surface area contributed by atoms with E-state index in [9.17, 15) is 14.4 Å². The zero-order chi connectivity index (χ0) is 24.9. The Morgan fingerprint density at radius 3 is 2.41 bits per heavy atom. The number of carbonyl (C=O) groups is 2. The van der Waals surface area contributed by atoms with E-state index in [1.54, 1.807) is 24.1 Å². The van der Waals surface area contributed by atoms with Crippen LogP contribution in [0.1, 0.15) is 43.9 Å². The minimum atomic E-state index is -0.546. The Hall–Kier alpha value is -3.61.